The fraction of sp³-hybridized carbons (Fsp3) is 0.562. The summed E-state index contributed by atoms with van der Waals surface area (Å²) in [4.78, 5) is 11.8. The smallest absolute Gasteiger partial charge is 0.315 e. The molecule has 1 aromatic carbocycles. The van der Waals surface area contributed by atoms with E-state index in [1.54, 1.807) is 19.1 Å². The van der Waals surface area contributed by atoms with Crippen molar-refractivity contribution in [2.75, 3.05) is 6.54 Å². The lowest BCUT2D eigenvalue weighted by Crippen LogP contribution is -2.39. The second kappa shape index (κ2) is 6.89. The third-order valence-electron chi connectivity index (χ3n) is 3.77. The number of urea groups is 1. The molecule has 0 aromatic heterocycles. The molecule has 1 saturated carbocycles. The van der Waals surface area contributed by atoms with Crippen molar-refractivity contribution < 1.29 is 14.3 Å². The molecule has 0 saturated heterocycles. The molecular formula is C16H23FN2O2. The number of hydrogen-bond acceptors (Lipinski definition) is 2. The van der Waals surface area contributed by atoms with Gasteiger partial charge in [-0.25, -0.2) is 9.18 Å². The summed E-state index contributed by atoms with van der Waals surface area (Å²) in [5.74, 6) is 0.0851. The van der Waals surface area contributed by atoms with Crippen molar-refractivity contribution in [1.82, 2.24) is 10.6 Å². The van der Waals surface area contributed by atoms with Gasteiger partial charge in [0.15, 0.2) is 0 Å². The fourth-order valence-corrected chi connectivity index (χ4v) is 2.63. The Bertz CT molecular complexity index is 493. The highest BCUT2D eigenvalue weighted by atomic mass is 19.1. The van der Waals surface area contributed by atoms with E-state index in [1.165, 1.54) is 6.07 Å². The van der Waals surface area contributed by atoms with Crippen molar-refractivity contribution in [3.05, 3.63) is 35.6 Å². The Labute approximate surface area is 124 Å². The number of rotatable bonds is 6. The topological polar surface area (TPSA) is 61.4 Å². The predicted molar refractivity (Wildman–Crippen MR) is 79.5 cm³/mol. The maximum atomic E-state index is 13.6. The van der Waals surface area contributed by atoms with E-state index in [-0.39, 0.29) is 35.8 Å². The van der Waals surface area contributed by atoms with Crippen LogP contribution >= 0.6 is 0 Å². The zero-order valence-electron chi connectivity index (χ0n) is 12.5. The normalized spacial score (nSPS) is 23.2. The number of nitrogens with one attached hydrogen (secondary N) is 2. The van der Waals surface area contributed by atoms with E-state index < -0.39 is 0 Å². The van der Waals surface area contributed by atoms with Crippen LogP contribution in [0.3, 0.4) is 0 Å². The molecule has 4 nitrogen and oxygen atoms in total. The second-order valence-corrected chi connectivity index (χ2v) is 6.01. The highest BCUT2D eigenvalue weighted by Gasteiger charge is 2.40. The highest BCUT2D eigenvalue weighted by molar-refractivity contribution is 5.74. The maximum absolute atomic E-state index is 13.6. The average Bonchev–Trinajstić information content (AvgIpc) is 3.15. The van der Waals surface area contributed by atoms with E-state index in [1.807, 2.05) is 13.0 Å². The molecule has 5 heteroatoms. The molecule has 1 aliphatic carbocycles. The molecule has 1 aromatic rings. The SMILES string of the molecule is CC(O)CC(C)CNC(=O)NC1CC1c1ccccc1F. The van der Waals surface area contributed by atoms with Crippen LogP contribution < -0.4 is 10.6 Å². The van der Waals surface area contributed by atoms with Crippen LogP contribution in [-0.4, -0.2) is 29.8 Å². The van der Waals surface area contributed by atoms with Crippen LogP contribution in [0.25, 0.3) is 0 Å². The predicted octanol–water partition coefficient (Wildman–Crippen LogP) is 2.39. The first-order valence-corrected chi connectivity index (χ1v) is 7.44. The zero-order valence-corrected chi connectivity index (χ0v) is 12.5. The minimum absolute atomic E-state index is 0.00831. The Kier molecular flexibility index (Phi) is 5.17. The molecule has 0 radical (unpaired) electrons. The Balaban J connectivity index is 1.72. The monoisotopic (exact) mass is 294 g/mol. The summed E-state index contributed by atoms with van der Waals surface area (Å²) in [6.07, 6.45) is 1.07. The Morgan fingerprint density at radius 2 is 2.14 bits per heavy atom. The van der Waals surface area contributed by atoms with Crippen LogP contribution in [0.2, 0.25) is 0 Å². The van der Waals surface area contributed by atoms with Gasteiger partial charge in [-0.05, 0) is 37.3 Å². The van der Waals surface area contributed by atoms with Crippen molar-refractivity contribution in [3.63, 3.8) is 0 Å². The van der Waals surface area contributed by atoms with Gasteiger partial charge in [-0.2, -0.15) is 0 Å². The molecule has 1 fully saturated rings. The molecule has 0 bridgehead atoms. The summed E-state index contributed by atoms with van der Waals surface area (Å²) in [6, 6.07) is 6.48. The summed E-state index contributed by atoms with van der Waals surface area (Å²) in [6.45, 7) is 4.24. The molecule has 21 heavy (non-hydrogen) atoms. The number of hydrogen-bond donors (Lipinski definition) is 3. The van der Waals surface area contributed by atoms with Crippen LogP contribution in [-0.2, 0) is 0 Å². The Hall–Kier alpha value is -1.62. The largest absolute Gasteiger partial charge is 0.393 e. The minimum atomic E-state index is -0.362. The van der Waals surface area contributed by atoms with E-state index >= 15 is 0 Å². The average molecular weight is 294 g/mol. The second-order valence-electron chi connectivity index (χ2n) is 6.01. The van der Waals surface area contributed by atoms with E-state index in [9.17, 15) is 14.3 Å². The third kappa shape index (κ3) is 4.70. The van der Waals surface area contributed by atoms with Crippen LogP contribution in [0.1, 0.15) is 38.2 Å². The quantitative estimate of drug-likeness (QED) is 0.754. The van der Waals surface area contributed by atoms with Gasteiger partial charge < -0.3 is 15.7 Å². The third-order valence-corrected chi connectivity index (χ3v) is 3.77. The van der Waals surface area contributed by atoms with Gasteiger partial charge in [0.2, 0.25) is 0 Å². The number of amides is 2. The molecule has 2 rings (SSSR count). The van der Waals surface area contributed by atoms with Gasteiger partial charge in [-0.3, -0.25) is 0 Å². The van der Waals surface area contributed by atoms with E-state index in [0.717, 1.165) is 6.42 Å². The van der Waals surface area contributed by atoms with Crippen molar-refractivity contribution in [3.8, 4) is 0 Å². The fourth-order valence-electron chi connectivity index (χ4n) is 2.63. The Morgan fingerprint density at radius 1 is 1.43 bits per heavy atom. The lowest BCUT2D eigenvalue weighted by Gasteiger charge is -2.14. The number of benzene rings is 1. The maximum Gasteiger partial charge on any atom is 0.315 e. The first-order chi connectivity index (χ1) is 9.97. The van der Waals surface area contributed by atoms with Crippen molar-refractivity contribution >= 4 is 6.03 Å². The highest BCUT2D eigenvalue weighted by Crippen LogP contribution is 2.41. The van der Waals surface area contributed by atoms with Crippen LogP contribution in [0.5, 0.6) is 0 Å². The van der Waals surface area contributed by atoms with Gasteiger partial charge in [0.25, 0.3) is 0 Å². The lowest BCUT2D eigenvalue weighted by atomic mass is 10.1. The van der Waals surface area contributed by atoms with Gasteiger partial charge in [-0.15, -0.1) is 0 Å². The molecule has 3 N–H and O–H groups in total. The van der Waals surface area contributed by atoms with Crippen LogP contribution in [0, 0.1) is 11.7 Å². The molecule has 4 unspecified atom stereocenters. The minimum Gasteiger partial charge on any atom is -0.393 e. The van der Waals surface area contributed by atoms with Crippen LogP contribution in [0.15, 0.2) is 24.3 Å². The molecule has 116 valence electrons. The van der Waals surface area contributed by atoms with Gasteiger partial charge in [0.1, 0.15) is 5.82 Å². The number of halogens is 1. The molecule has 0 spiro atoms. The van der Waals surface area contributed by atoms with E-state index in [4.69, 9.17) is 0 Å². The van der Waals surface area contributed by atoms with Gasteiger partial charge >= 0.3 is 6.03 Å². The summed E-state index contributed by atoms with van der Waals surface area (Å²) in [5.41, 5.74) is 0.672. The zero-order chi connectivity index (χ0) is 15.4. The van der Waals surface area contributed by atoms with Crippen LogP contribution in [0.4, 0.5) is 9.18 Å². The molecule has 0 aliphatic heterocycles. The number of aliphatic hydroxyl groups is 1. The van der Waals surface area contributed by atoms with Crippen molar-refractivity contribution in [1.29, 1.82) is 0 Å². The standard InChI is InChI=1S/C16H23FN2O2/c1-10(7-11(2)20)9-18-16(21)19-15-8-13(15)12-5-3-4-6-14(12)17/h3-6,10-11,13,15,20H,7-9H2,1-2H3,(H2,18,19,21). The molecule has 1 aliphatic rings. The van der Waals surface area contributed by atoms with Crippen molar-refractivity contribution in [2.24, 2.45) is 5.92 Å². The number of carbonyl (C=O) groups excluding carboxylic acids is 1. The van der Waals surface area contributed by atoms with Gasteiger partial charge in [0.05, 0.1) is 6.10 Å². The number of aliphatic hydroxyl groups excluding tert-OH is 1. The summed E-state index contributed by atoms with van der Waals surface area (Å²) in [7, 11) is 0. The lowest BCUT2D eigenvalue weighted by molar-refractivity contribution is 0.163. The van der Waals surface area contributed by atoms with Gasteiger partial charge in [-0.1, -0.05) is 25.1 Å². The molecule has 0 heterocycles. The number of carbonyl (C=O) groups is 1. The van der Waals surface area contributed by atoms with E-state index in [2.05, 4.69) is 10.6 Å². The summed E-state index contributed by atoms with van der Waals surface area (Å²) in [5, 5.41) is 14.9. The van der Waals surface area contributed by atoms with E-state index in [0.29, 0.717) is 18.5 Å². The van der Waals surface area contributed by atoms with Crippen molar-refractivity contribution in [2.45, 2.75) is 44.8 Å². The molecule has 2 amide bonds. The molecular weight excluding hydrogens is 271 g/mol. The first-order valence-electron chi connectivity index (χ1n) is 7.44. The summed E-state index contributed by atoms with van der Waals surface area (Å²) < 4.78 is 13.6. The Morgan fingerprint density at radius 3 is 2.81 bits per heavy atom. The summed E-state index contributed by atoms with van der Waals surface area (Å²) >= 11 is 0. The molecule has 4 atom stereocenters. The van der Waals surface area contributed by atoms with Gasteiger partial charge in [0, 0.05) is 18.5 Å². The first kappa shape index (κ1) is 15.8.